The van der Waals surface area contributed by atoms with Crippen LogP contribution in [0.4, 0.5) is 19.0 Å². The van der Waals surface area contributed by atoms with Crippen LogP contribution in [0.1, 0.15) is 30.8 Å². The second-order valence-corrected chi connectivity index (χ2v) is 5.80. The molecule has 21 heavy (non-hydrogen) atoms. The summed E-state index contributed by atoms with van der Waals surface area (Å²) in [7, 11) is 0. The molecular formula is C13H14F3N5. The Kier molecular flexibility index (Phi) is 2.50. The molecule has 3 heterocycles. The SMILES string of the molecule is Cc1cc(N2CCCC3CC32)n2nc(C(F)(F)F)nc2n1. The lowest BCUT2D eigenvalue weighted by atomic mass is 10.1. The highest BCUT2D eigenvalue weighted by Gasteiger charge is 2.45. The van der Waals surface area contributed by atoms with E-state index in [0.717, 1.165) is 19.4 Å². The Morgan fingerprint density at radius 2 is 2.10 bits per heavy atom. The van der Waals surface area contributed by atoms with E-state index in [9.17, 15) is 13.2 Å². The van der Waals surface area contributed by atoms with Gasteiger partial charge in [0.25, 0.3) is 11.6 Å². The molecule has 0 amide bonds. The van der Waals surface area contributed by atoms with Crippen LogP contribution in [0.5, 0.6) is 0 Å². The number of rotatable bonds is 1. The molecule has 2 unspecified atom stereocenters. The van der Waals surface area contributed by atoms with Gasteiger partial charge in [-0.1, -0.05) is 0 Å². The van der Waals surface area contributed by atoms with Crippen molar-refractivity contribution in [1.29, 1.82) is 0 Å². The predicted molar refractivity (Wildman–Crippen MR) is 69.0 cm³/mol. The molecule has 1 saturated heterocycles. The van der Waals surface area contributed by atoms with Crippen molar-refractivity contribution in [3.05, 3.63) is 17.6 Å². The first-order chi connectivity index (χ1) is 9.93. The van der Waals surface area contributed by atoms with Gasteiger partial charge in [-0.3, -0.25) is 0 Å². The van der Waals surface area contributed by atoms with Gasteiger partial charge in [-0.2, -0.15) is 22.7 Å². The van der Waals surface area contributed by atoms with E-state index in [1.54, 1.807) is 13.0 Å². The third-order valence-corrected chi connectivity index (χ3v) is 4.23. The van der Waals surface area contributed by atoms with Crippen LogP contribution in [0.3, 0.4) is 0 Å². The maximum absolute atomic E-state index is 12.8. The van der Waals surface area contributed by atoms with E-state index in [2.05, 4.69) is 20.0 Å². The summed E-state index contributed by atoms with van der Waals surface area (Å²) in [5.41, 5.74) is 0.654. The second-order valence-electron chi connectivity index (χ2n) is 5.80. The van der Waals surface area contributed by atoms with E-state index in [0.29, 0.717) is 23.5 Å². The van der Waals surface area contributed by atoms with Crippen LogP contribution < -0.4 is 4.90 Å². The number of hydrogen-bond donors (Lipinski definition) is 0. The summed E-state index contributed by atoms with van der Waals surface area (Å²) in [5, 5.41) is 3.63. The molecule has 1 aliphatic heterocycles. The molecule has 0 radical (unpaired) electrons. The van der Waals surface area contributed by atoms with Gasteiger partial charge in [-0.05, 0) is 32.1 Å². The molecule has 0 aromatic carbocycles. The zero-order chi connectivity index (χ0) is 14.8. The van der Waals surface area contributed by atoms with Crippen molar-refractivity contribution < 1.29 is 13.2 Å². The molecule has 2 aliphatic rings. The Morgan fingerprint density at radius 1 is 1.29 bits per heavy atom. The zero-order valence-corrected chi connectivity index (χ0v) is 11.4. The summed E-state index contributed by atoms with van der Waals surface area (Å²) in [6, 6.07) is 2.23. The third-order valence-electron chi connectivity index (χ3n) is 4.23. The number of halogens is 3. The standard InChI is InChI=1S/C13H14F3N5/c1-7-5-10(20-4-2-3-8-6-9(8)20)21-12(17-7)18-11(19-21)13(14,15)16/h5,8-9H,2-4,6H2,1H3. The van der Waals surface area contributed by atoms with Crippen LogP contribution >= 0.6 is 0 Å². The van der Waals surface area contributed by atoms with Gasteiger partial charge in [0.05, 0.1) is 0 Å². The molecule has 2 atom stereocenters. The van der Waals surface area contributed by atoms with Crippen molar-refractivity contribution in [1.82, 2.24) is 19.6 Å². The monoisotopic (exact) mass is 297 g/mol. The van der Waals surface area contributed by atoms with Crippen LogP contribution in [0.2, 0.25) is 0 Å². The van der Waals surface area contributed by atoms with Gasteiger partial charge in [-0.15, -0.1) is 5.10 Å². The predicted octanol–water partition coefficient (Wildman–Crippen LogP) is 2.44. The van der Waals surface area contributed by atoms with Crippen LogP contribution in [0.15, 0.2) is 6.07 Å². The van der Waals surface area contributed by atoms with Crippen molar-refractivity contribution in [3.63, 3.8) is 0 Å². The highest BCUT2D eigenvalue weighted by atomic mass is 19.4. The molecule has 2 aromatic rings. The number of piperidine rings is 1. The van der Waals surface area contributed by atoms with Gasteiger partial charge >= 0.3 is 6.18 Å². The average molecular weight is 297 g/mol. The van der Waals surface area contributed by atoms with Crippen LogP contribution in [0.25, 0.3) is 5.78 Å². The van der Waals surface area contributed by atoms with Gasteiger partial charge < -0.3 is 4.90 Å². The number of nitrogens with zero attached hydrogens (tertiary/aromatic N) is 5. The van der Waals surface area contributed by atoms with E-state index in [-0.39, 0.29) is 5.78 Å². The Morgan fingerprint density at radius 3 is 2.86 bits per heavy atom. The molecule has 1 saturated carbocycles. The lowest BCUT2D eigenvalue weighted by molar-refractivity contribution is -0.144. The van der Waals surface area contributed by atoms with Gasteiger partial charge in [0.2, 0.25) is 0 Å². The fourth-order valence-electron chi connectivity index (χ4n) is 3.19. The molecule has 5 nitrogen and oxygen atoms in total. The quantitative estimate of drug-likeness (QED) is 0.811. The molecule has 0 spiro atoms. The Labute approximate surface area is 118 Å². The lowest BCUT2D eigenvalue weighted by Gasteiger charge is -2.28. The summed E-state index contributed by atoms with van der Waals surface area (Å²) in [5.74, 6) is 0.229. The molecule has 0 N–H and O–H groups in total. The smallest absolute Gasteiger partial charge is 0.353 e. The van der Waals surface area contributed by atoms with E-state index >= 15 is 0 Å². The normalized spacial score (nSPS) is 25.2. The minimum Gasteiger partial charge on any atom is -0.353 e. The molecule has 2 fully saturated rings. The van der Waals surface area contributed by atoms with Gasteiger partial charge in [0, 0.05) is 24.3 Å². The van der Waals surface area contributed by atoms with Crippen molar-refractivity contribution in [3.8, 4) is 0 Å². The van der Waals surface area contributed by atoms with Gasteiger partial charge in [0.15, 0.2) is 0 Å². The average Bonchev–Trinajstić information content (AvgIpc) is 3.07. The summed E-state index contributed by atoms with van der Waals surface area (Å²) < 4.78 is 39.6. The van der Waals surface area contributed by atoms with E-state index in [4.69, 9.17) is 0 Å². The first kappa shape index (κ1) is 12.8. The maximum atomic E-state index is 12.8. The molecule has 4 rings (SSSR count). The van der Waals surface area contributed by atoms with E-state index in [1.807, 2.05) is 0 Å². The zero-order valence-electron chi connectivity index (χ0n) is 11.4. The van der Waals surface area contributed by atoms with Crippen LogP contribution in [-0.4, -0.2) is 32.2 Å². The summed E-state index contributed by atoms with van der Waals surface area (Å²) >= 11 is 0. The molecule has 2 aromatic heterocycles. The van der Waals surface area contributed by atoms with E-state index < -0.39 is 12.0 Å². The molecule has 112 valence electrons. The first-order valence-corrected chi connectivity index (χ1v) is 7.02. The minimum atomic E-state index is -4.55. The number of aryl methyl sites for hydroxylation is 1. The van der Waals surface area contributed by atoms with Crippen molar-refractivity contribution in [2.75, 3.05) is 11.4 Å². The van der Waals surface area contributed by atoms with Gasteiger partial charge in [-0.25, -0.2) is 4.98 Å². The largest absolute Gasteiger partial charge is 0.453 e. The fourth-order valence-corrected chi connectivity index (χ4v) is 3.19. The number of alkyl halides is 3. The lowest BCUT2D eigenvalue weighted by Crippen LogP contribution is -2.33. The first-order valence-electron chi connectivity index (χ1n) is 7.02. The Hall–Kier alpha value is -1.86. The second kappa shape index (κ2) is 4.08. The maximum Gasteiger partial charge on any atom is 0.453 e. The Bertz CT molecular complexity index is 708. The van der Waals surface area contributed by atoms with Crippen molar-refractivity contribution >= 4 is 11.6 Å². The molecular weight excluding hydrogens is 283 g/mol. The summed E-state index contributed by atoms with van der Waals surface area (Å²) in [6.45, 7) is 2.61. The molecule has 0 bridgehead atoms. The highest BCUT2D eigenvalue weighted by Crippen LogP contribution is 2.45. The fraction of sp³-hybridized carbons (Fsp3) is 0.615. The number of hydrogen-bond acceptors (Lipinski definition) is 4. The van der Waals surface area contributed by atoms with Crippen molar-refractivity contribution in [2.24, 2.45) is 5.92 Å². The summed E-state index contributed by atoms with van der Waals surface area (Å²) in [4.78, 5) is 9.75. The number of anilines is 1. The topological polar surface area (TPSA) is 46.3 Å². The van der Waals surface area contributed by atoms with E-state index in [1.165, 1.54) is 10.9 Å². The highest BCUT2D eigenvalue weighted by molar-refractivity contribution is 5.50. The number of aromatic nitrogens is 4. The van der Waals surface area contributed by atoms with Crippen molar-refractivity contribution in [2.45, 2.75) is 38.4 Å². The molecule has 8 heteroatoms. The number of fused-ring (bicyclic) bond motifs is 2. The minimum absolute atomic E-state index is 0.0140. The van der Waals surface area contributed by atoms with Gasteiger partial charge in [0.1, 0.15) is 5.82 Å². The summed E-state index contributed by atoms with van der Waals surface area (Å²) in [6.07, 6.45) is -1.17. The third kappa shape index (κ3) is 2.04. The molecule has 1 aliphatic carbocycles. The van der Waals surface area contributed by atoms with Crippen LogP contribution in [0, 0.1) is 12.8 Å². The van der Waals surface area contributed by atoms with Crippen LogP contribution in [-0.2, 0) is 6.18 Å². The Balaban J connectivity index is 1.85.